The van der Waals surface area contributed by atoms with Gasteiger partial charge in [-0.25, -0.2) is 0 Å². The standard InChI is InChI=1S/C35H53O2P.C3H6.CHF3O3S.Pd/c1-23(2)26-21-29(24(3)4)33(30(22-26)25(5)6)34-31(36-7)19-20-32(37-8)35(34)38(27-15-11-9-12-16-27)28-17-13-10-14-18-28;1-3-2;2-1(3,4)8(5,6)7;/h19-25,27-28H,9-18H2,1-8H3;3H,1H2,2H3;(H,5,6,7);. The molecule has 0 aliphatic heterocycles. The van der Waals surface area contributed by atoms with Crippen LogP contribution in [0, 0.1) is 0 Å². The summed E-state index contributed by atoms with van der Waals surface area (Å²) in [5.41, 5.74) is 3.23. The molecular weight excluding hydrogens is 775 g/mol. The second kappa shape index (κ2) is 21.3. The number of benzene rings is 2. The fourth-order valence-electron chi connectivity index (χ4n) is 7.01. The molecule has 4 rings (SSSR count). The van der Waals surface area contributed by atoms with Crippen LogP contribution in [0.25, 0.3) is 11.1 Å². The van der Waals surface area contributed by atoms with Crippen molar-refractivity contribution in [1.29, 1.82) is 0 Å². The van der Waals surface area contributed by atoms with Crippen LogP contribution in [0.5, 0.6) is 11.5 Å². The smallest absolute Gasteiger partial charge is 0.496 e. The van der Waals surface area contributed by atoms with Gasteiger partial charge in [-0.3, -0.25) is 4.55 Å². The van der Waals surface area contributed by atoms with Crippen LogP contribution in [-0.4, -0.2) is 44.0 Å². The fraction of sp³-hybridized carbons (Fsp3) is 0.641. The third-order valence-electron chi connectivity index (χ3n) is 9.41. The van der Waals surface area contributed by atoms with Crippen molar-refractivity contribution in [2.75, 3.05) is 14.2 Å². The van der Waals surface area contributed by atoms with Crippen molar-refractivity contribution in [3.05, 3.63) is 53.6 Å². The van der Waals surface area contributed by atoms with Crippen molar-refractivity contribution in [2.24, 2.45) is 0 Å². The minimum absolute atomic E-state index is 0. The monoisotopic (exact) mass is 834 g/mol. The van der Waals surface area contributed by atoms with Crippen LogP contribution >= 0.6 is 7.92 Å². The first-order chi connectivity index (χ1) is 22.9. The van der Waals surface area contributed by atoms with Crippen LogP contribution in [0.15, 0.2) is 36.9 Å². The number of hydrogen-bond acceptors (Lipinski definition) is 4. The molecule has 2 fully saturated rings. The third-order valence-corrected chi connectivity index (χ3v) is 13.6. The molecule has 1 N–H and O–H groups in total. The Hall–Kier alpha value is -1.43. The van der Waals surface area contributed by atoms with Crippen LogP contribution in [-0.2, 0) is 30.5 Å². The van der Waals surface area contributed by atoms with Gasteiger partial charge in [0.1, 0.15) is 11.5 Å². The number of hydrogen-bond donors (Lipinski definition) is 1. The number of rotatable bonds is 9. The first kappa shape index (κ1) is 46.6. The molecule has 0 unspecified atom stereocenters. The molecule has 2 aromatic carbocycles. The van der Waals surface area contributed by atoms with E-state index in [0.717, 1.165) is 22.8 Å². The predicted octanol–water partition coefficient (Wildman–Crippen LogP) is 12.1. The molecule has 2 aliphatic carbocycles. The summed E-state index contributed by atoms with van der Waals surface area (Å²) in [6.07, 6.45) is 15.6. The quantitative estimate of drug-likeness (QED) is 0.0896. The maximum Gasteiger partial charge on any atom is 0.522 e. The molecule has 50 heavy (non-hydrogen) atoms. The van der Waals surface area contributed by atoms with Crippen molar-refractivity contribution in [2.45, 2.75) is 147 Å². The Morgan fingerprint density at radius 2 is 1.14 bits per heavy atom. The fourth-order valence-corrected chi connectivity index (χ4v) is 11.1. The van der Waals surface area contributed by atoms with E-state index in [1.54, 1.807) is 6.08 Å². The SMILES string of the molecule is C=CC.COc1ccc(OC)c(P(C2CCCCC2)C2CCCCC2)c1-c1c(C(C)C)cc(C(C)C)cc1C(C)C.O=S(=O)(O)C(F)(F)F.[Pd]. The Labute approximate surface area is 315 Å². The van der Waals surface area contributed by atoms with Gasteiger partial charge in [-0.05, 0) is 96.1 Å². The minimum Gasteiger partial charge on any atom is -0.496 e. The topological polar surface area (TPSA) is 72.8 Å². The average Bonchev–Trinajstić information content (AvgIpc) is 3.04. The Balaban J connectivity index is 0.000000906. The van der Waals surface area contributed by atoms with E-state index in [2.05, 4.69) is 72.4 Å². The van der Waals surface area contributed by atoms with E-state index in [0.29, 0.717) is 17.8 Å². The van der Waals surface area contributed by atoms with E-state index >= 15 is 0 Å². The van der Waals surface area contributed by atoms with Crippen LogP contribution in [0.4, 0.5) is 13.2 Å². The van der Waals surface area contributed by atoms with Crippen molar-refractivity contribution in [3.63, 3.8) is 0 Å². The summed E-state index contributed by atoms with van der Waals surface area (Å²) in [5, 5.41) is 1.52. The third kappa shape index (κ3) is 12.3. The average molecular weight is 835 g/mol. The van der Waals surface area contributed by atoms with Gasteiger partial charge in [0.15, 0.2) is 0 Å². The van der Waals surface area contributed by atoms with E-state index in [1.165, 1.54) is 97.3 Å². The van der Waals surface area contributed by atoms with Gasteiger partial charge in [-0.2, -0.15) is 21.6 Å². The van der Waals surface area contributed by atoms with Gasteiger partial charge < -0.3 is 9.47 Å². The second-order valence-electron chi connectivity index (χ2n) is 14.1. The molecule has 0 bridgehead atoms. The molecular formula is C39H60F3O5PPdS. The zero-order valence-electron chi connectivity index (χ0n) is 31.4. The first-order valence-electron chi connectivity index (χ1n) is 17.8. The molecule has 2 aromatic rings. The molecule has 11 heteroatoms. The molecule has 5 nitrogen and oxygen atoms in total. The first-order valence-corrected chi connectivity index (χ1v) is 20.7. The van der Waals surface area contributed by atoms with Crippen LogP contribution in [0.2, 0.25) is 0 Å². The zero-order valence-corrected chi connectivity index (χ0v) is 34.7. The summed E-state index contributed by atoms with van der Waals surface area (Å²) in [6, 6.07) is 9.40. The number of alkyl halides is 3. The molecule has 0 saturated heterocycles. The van der Waals surface area contributed by atoms with Gasteiger partial charge in [0.2, 0.25) is 0 Å². The second-order valence-corrected chi connectivity index (χ2v) is 18.2. The molecule has 0 aromatic heterocycles. The molecule has 0 atom stereocenters. The van der Waals surface area contributed by atoms with E-state index in [-0.39, 0.29) is 28.3 Å². The van der Waals surface area contributed by atoms with Gasteiger partial charge in [-0.15, -0.1) is 6.58 Å². The van der Waals surface area contributed by atoms with E-state index in [1.807, 2.05) is 21.1 Å². The van der Waals surface area contributed by atoms with Gasteiger partial charge in [0, 0.05) is 31.3 Å². The summed E-state index contributed by atoms with van der Waals surface area (Å²) in [7, 11) is -2.46. The Kier molecular flexibility index (Phi) is 19.9. The number of halogens is 3. The van der Waals surface area contributed by atoms with E-state index in [9.17, 15) is 13.2 Å². The molecule has 0 amide bonds. The summed E-state index contributed by atoms with van der Waals surface area (Å²) >= 11 is 0. The van der Waals surface area contributed by atoms with Crippen molar-refractivity contribution >= 4 is 23.3 Å². The predicted molar refractivity (Wildman–Crippen MR) is 201 cm³/mol. The Bertz CT molecular complexity index is 1400. The largest absolute Gasteiger partial charge is 0.522 e. The summed E-state index contributed by atoms with van der Waals surface area (Å²) < 4.78 is 70.1. The van der Waals surface area contributed by atoms with Gasteiger partial charge in [0.05, 0.1) is 14.2 Å². The Morgan fingerprint density at radius 1 is 0.780 bits per heavy atom. The summed E-state index contributed by atoms with van der Waals surface area (Å²) in [6.45, 7) is 19.4. The van der Waals surface area contributed by atoms with E-state index < -0.39 is 15.6 Å². The number of allylic oxidation sites excluding steroid dienone is 1. The molecule has 2 aliphatic rings. The van der Waals surface area contributed by atoms with Crippen LogP contribution in [0.3, 0.4) is 0 Å². The van der Waals surface area contributed by atoms with Gasteiger partial charge in [-0.1, -0.05) is 106 Å². The number of ether oxygens (including phenoxy) is 2. The van der Waals surface area contributed by atoms with Crippen LogP contribution in [0.1, 0.15) is 147 Å². The minimum atomic E-state index is -5.84. The van der Waals surface area contributed by atoms with Gasteiger partial charge >= 0.3 is 15.6 Å². The van der Waals surface area contributed by atoms with Crippen molar-refractivity contribution < 1.29 is 56.0 Å². The maximum atomic E-state index is 10.7. The summed E-state index contributed by atoms with van der Waals surface area (Å²) in [5.74, 6) is 3.50. The molecule has 0 heterocycles. The Morgan fingerprint density at radius 3 is 1.44 bits per heavy atom. The van der Waals surface area contributed by atoms with Crippen molar-refractivity contribution in [3.8, 4) is 22.6 Å². The zero-order chi connectivity index (χ0) is 37.1. The molecule has 0 spiro atoms. The van der Waals surface area contributed by atoms with E-state index in [4.69, 9.17) is 22.4 Å². The van der Waals surface area contributed by atoms with Crippen molar-refractivity contribution in [1.82, 2.24) is 0 Å². The number of methoxy groups -OCH3 is 2. The maximum absolute atomic E-state index is 10.7. The summed E-state index contributed by atoms with van der Waals surface area (Å²) in [4.78, 5) is 0. The molecule has 288 valence electrons. The molecule has 2 saturated carbocycles. The normalized spacial score (nSPS) is 15.9. The van der Waals surface area contributed by atoms with Gasteiger partial charge in [0.25, 0.3) is 0 Å². The van der Waals surface area contributed by atoms with Crippen LogP contribution < -0.4 is 14.8 Å². The molecule has 0 radical (unpaired) electrons.